The average molecular weight is 577 g/mol. The van der Waals surface area contributed by atoms with Gasteiger partial charge in [-0.2, -0.15) is 5.10 Å². The molecule has 1 aliphatic heterocycles. The van der Waals surface area contributed by atoms with Crippen molar-refractivity contribution < 1.29 is 13.7 Å². The average Bonchev–Trinajstić information content (AvgIpc) is 3.71. The highest BCUT2D eigenvalue weighted by Crippen LogP contribution is 2.24. The van der Waals surface area contributed by atoms with E-state index in [2.05, 4.69) is 46.4 Å². The van der Waals surface area contributed by atoms with Gasteiger partial charge in [0.15, 0.2) is 5.52 Å². The maximum Gasteiger partial charge on any atom is 0.325 e. The molecule has 0 spiro atoms. The maximum absolute atomic E-state index is 14.1. The zero-order valence-electron chi connectivity index (χ0n) is 24.4. The Morgan fingerprint density at radius 1 is 1.15 bits per heavy atom. The topological polar surface area (TPSA) is 74.0 Å². The smallest absolute Gasteiger partial charge is 0.325 e. The first kappa shape index (κ1) is 28.8. The molecule has 4 aromatic rings. The van der Waals surface area contributed by atoms with Gasteiger partial charge in [-0.25, -0.2) is 13.5 Å². The van der Waals surface area contributed by atoms with Gasteiger partial charge in [-0.3, -0.25) is 18.9 Å². The van der Waals surface area contributed by atoms with Gasteiger partial charge in [0.25, 0.3) is 5.65 Å². The molecule has 9 nitrogen and oxygen atoms in total. The van der Waals surface area contributed by atoms with Crippen LogP contribution in [0.2, 0.25) is 19.1 Å². The molecule has 3 aromatic heterocycles. The summed E-state index contributed by atoms with van der Waals surface area (Å²) in [5.41, 5.74) is 2.68. The van der Waals surface area contributed by atoms with Crippen molar-refractivity contribution in [3.63, 3.8) is 0 Å². The summed E-state index contributed by atoms with van der Waals surface area (Å²) in [6.45, 7) is 10.5. The minimum absolute atomic E-state index is 0.0417. The quantitative estimate of drug-likeness (QED) is 0.125. The molecule has 1 fully saturated rings. The van der Waals surface area contributed by atoms with E-state index < -0.39 is 8.80 Å². The number of hydrogen-bond donors (Lipinski definition) is 0. The van der Waals surface area contributed by atoms with Crippen LogP contribution in [0.3, 0.4) is 0 Å². The minimum atomic E-state index is -0.761. The molecule has 41 heavy (non-hydrogen) atoms. The molecule has 4 heterocycles. The van der Waals surface area contributed by atoms with Crippen molar-refractivity contribution in [2.45, 2.75) is 65.1 Å². The number of hydrogen-bond acceptors (Lipinski definition) is 5. The first-order chi connectivity index (χ1) is 19.9. The number of aromatic nitrogens is 6. The molecule has 0 amide bonds. The van der Waals surface area contributed by atoms with Gasteiger partial charge in [0.1, 0.15) is 19.1 Å². The second-order valence-electron chi connectivity index (χ2n) is 11.0. The van der Waals surface area contributed by atoms with Crippen LogP contribution in [0.4, 0.5) is 10.3 Å². The fourth-order valence-corrected chi connectivity index (χ4v) is 5.89. The molecular weight excluding hydrogens is 537 g/mol. The van der Waals surface area contributed by atoms with Crippen LogP contribution in [0, 0.1) is 17.7 Å². The monoisotopic (exact) mass is 576 g/mol. The third kappa shape index (κ3) is 6.28. The van der Waals surface area contributed by atoms with E-state index in [1.807, 2.05) is 22.4 Å². The van der Waals surface area contributed by atoms with Crippen LogP contribution in [-0.4, -0.2) is 52.4 Å². The highest BCUT2D eigenvalue weighted by Gasteiger charge is 2.32. The van der Waals surface area contributed by atoms with Gasteiger partial charge in [0, 0.05) is 27.2 Å². The summed E-state index contributed by atoms with van der Waals surface area (Å²) in [5.74, 6) is 7.41. The summed E-state index contributed by atoms with van der Waals surface area (Å²) < 4.78 is 26.9. The van der Waals surface area contributed by atoms with Gasteiger partial charge in [0.05, 0.1) is 38.4 Å². The Labute approximate surface area is 241 Å². The highest BCUT2D eigenvalue weighted by molar-refractivity contribution is 6.55. The number of nitrogens with zero attached hydrogens (tertiary/aromatic N) is 7. The Balaban J connectivity index is 1.55. The van der Waals surface area contributed by atoms with E-state index in [4.69, 9.17) is 9.72 Å². The second kappa shape index (κ2) is 12.8. The van der Waals surface area contributed by atoms with Crippen molar-refractivity contribution in [1.82, 2.24) is 23.9 Å². The van der Waals surface area contributed by atoms with Crippen LogP contribution < -0.4 is 15.0 Å². The predicted octanol–water partition coefficient (Wildman–Crippen LogP) is 3.55. The van der Waals surface area contributed by atoms with Crippen LogP contribution in [-0.2, 0) is 31.6 Å². The van der Waals surface area contributed by atoms with Gasteiger partial charge < -0.3 is 4.74 Å². The summed E-state index contributed by atoms with van der Waals surface area (Å²) in [4.78, 5) is 21.4. The van der Waals surface area contributed by atoms with Crippen molar-refractivity contribution in [2.75, 3.05) is 24.6 Å². The lowest BCUT2D eigenvalue weighted by molar-refractivity contribution is -0.638. The lowest BCUT2D eigenvalue weighted by Crippen LogP contribution is -2.46. The van der Waals surface area contributed by atoms with E-state index in [0.29, 0.717) is 36.7 Å². The van der Waals surface area contributed by atoms with Gasteiger partial charge in [-0.1, -0.05) is 31.9 Å². The van der Waals surface area contributed by atoms with Gasteiger partial charge in [0.2, 0.25) is 5.82 Å². The first-order valence-electron chi connectivity index (χ1n) is 14.5. The standard InChI is InChI=1S/C30H39FN7O2Si/c1-5-14-37-29(39)26-28(34(2)30(37)35-15-6-7-16-35)33-27(38(26)22-40-18-19-41(3)4)24-20-32-36(21-24)17-8-9-23-10-12-25(31)13-11-23/h10-13,20-21,41H,5-7,14-19,22H2,1-4H3/q+1. The van der Waals surface area contributed by atoms with E-state index in [1.54, 1.807) is 23.0 Å². The summed E-state index contributed by atoms with van der Waals surface area (Å²) in [6, 6.07) is 7.18. The lowest BCUT2D eigenvalue weighted by Gasteiger charge is -2.19. The zero-order valence-corrected chi connectivity index (χ0v) is 25.6. The predicted molar refractivity (Wildman–Crippen MR) is 161 cm³/mol. The molecule has 0 unspecified atom stereocenters. The van der Waals surface area contributed by atoms with Crippen LogP contribution in [0.1, 0.15) is 31.7 Å². The molecule has 0 bridgehead atoms. The van der Waals surface area contributed by atoms with Crippen molar-refractivity contribution in [3.8, 4) is 23.2 Å². The number of fused-ring (bicyclic) bond motifs is 1. The molecular formula is C30H39FN7O2Si+. The Morgan fingerprint density at radius 2 is 1.90 bits per heavy atom. The molecule has 0 N–H and O–H groups in total. The number of aryl methyl sites for hydroxylation is 1. The number of imidazole rings is 1. The molecule has 216 valence electrons. The largest absolute Gasteiger partial charge is 0.361 e. The van der Waals surface area contributed by atoms with Gasteiger partial charge >= 0.3 is 11.5 Å². The van der Waals surface area contributed by atoms with Gasteiger partial charge in [-0.15, -0.1) is 4.98 Å². The number of anilines is 1. The minimum Gasteiger partial charge on any atom is -0.361 e. The first-order valence-corrected chi connectivity index (χ1v) is 17.6. The summed E-state index contributed by atoms with van der Waals surface area (Å²) >= 11 is 0. The fourth-order valence-electron chi connectivity index (χ4n) is 5.25. The van der Waals surface area contributed by atoms with Gasteiger partial charge in [-0.05, 0) is 49.6 Å². The second-order valence-corrected chi connectivity index (χ2v) is 14.4. The lowest BCUT2D eigenvalue weighted by atomic mass is 10.2. The van der Waals surface area contributed by atoms with Crippen LogP contribution in [0.15, 0.2) is 41.5 Å². The van der Waals surface area contributed by atoms with E-state index in [1.165, 1.54) is 12.1 Å². The third-order valence-corrected chi connectivity index (χ3v) is 8.75. The number of rotatable bonds is 10. The van der Waals surface area contributed by atoms with E-state index in [-0.39, 0.29) is 18.1 Å². The number of ether oxygens (including phenoxy) is 1. The van der Waals surface area contributed by atoms with E-state index in [0.717, 1.165) is 55.5 Å². The fraction of sp³-hybridized carbons (Fsp3) is 0.467. The summed E-state index contributed by atoms with van der Waals surface area (Å²) in [5, 5.41) is 4.51. The molecule has 1 aliphatic rings. The molecule has 5 rings (SSSR count). The molecule has 0 aliphatic carbocycles. The third-order valence-electron chi connectivity index (χ3n) is 7.36. The van der Waals surface area contributed by atoms with Crippen molar-refractivity contribution in [3.05, 3.63) is 58.4 Å². The molecule has 1 saturated heterocycles. The highest BCUT2D eigenvalue weighted by atomic mass is 28.3. The molecule has 0 saturated carbocycles. The molecule has 0 radical (unpaired) electrons. The van der Waals surface area contributed by atoms with E-state index in [9.17, 15) is 9.18 Å². The normalized spacial score (nSPS) is 13.4. The van der Waals surface area contributed by atoms with Crippen LogP contribution in [0.25, 0.3) is 22.6 Å². The number of halogens is 1. The molecule has 11 heteroatoms. The van der Waals surface area contributed by atoms with Crippen molar-refractivity contribution >= 4 is 25.9 Å². The molecule has 0 atom stereocenters. The SMILES string of the molecule is CCCn1c(N2CCCC2)[n+](C)c2nc(-c3cnn(CC#Cc4ccc(F)cc4)c3)n(COCC[SiH](C)C)c2c1=O. The van der Waals surface area contributed by atoms with Crippen LogP contribution in [0.5, 0.6) is 0 Å². The van der Waals surface area contributed by atoms with Crippen molar-refractivity contribution in [1.29, 1.82) is 0 Å². The Hall–Kier alpha value is -3.75. The molecule has 1 aromatic carbocycles. The Kier molecular flexibility index (Phi) is 9.00. The zero-order chi connectivity index (χ0) is 28.9. The summed E-state index contributed by atoms with van der Waals surface area (Å²) in [6.07, 6.45) is 6.74. The van der Waals surface area contributed by atoms with Crippen LogP contribution >= 0.6 is 0 Å². The van der Waals surface area contributed by atoms with E-state index >= 15 is 0 Å². The number of benzene rings is 1. The summed E-state index contributed by atoms with van der Waals surface area (Å²) in [7, 11) is 1.24. The Morgan fingerprint density at radius 3 is 2.61 bits per heavy atom. The maximum atomic E-state index is 14.1. The van der Waals surface area contributed by atoms with Crippen molar-refractivity contribution in [2.24, 2.45) is 7.05 Å². The Bertz CT molecular complexity index is 1620.